The van der Waals surface area contributed by atoms with E-state index in [0.717, 1.165) is 32.1 Å². The van der Waals surface area contributed by atoms with Gasteiger partial charge >= 0.3 is 6.09 Å². The fourth-order valence-electron chi connectivity index (χ4n) is 2.36. The van der Waals surface area contributed by atoms with Crippen molar-refractivity contribution in [3.8, 4) is 0 Å². The number of ether oxygens (including phenoxy) is 1. The lowest BCUT2D eigenvalue weighted by atomic mass is 9.81. The Bertz CT molecular complexity index is 253. The molecule has 0 spiro atoms. The van der Waals surface area contributed by atoms with Crippen molar-refractivity contribution < 1.29 is 14.6 Å². The highest BCUT2D eigenvalue weighted by atomic mass is 16.5. The van der Waals surface area contributed by atoms with Crippen LogP contribution in [0.25, 0.3) is 0 Å². The first-order valence-electron chi connectivity index (χ1n) is 6.96. The van der Waals surface area contributed by atoms with E-state index in [1.165, 1.54) is 0 Å². The lowest BCUT2D eigenvalue weighted by Gasteiger charge is -2.27. The van der Waals surface area contributed by atoms with E-state index in [0.29, 0.717) is 25.0 Å². The van der Waals surface area contributed by atoms with Gasteiger partial charge in [0.25, 0.3) is 0 Å². The van der Waals surface area contributed by atoms with E-state index in [1.54, 1.807) is 0 Å². The van der Waals surface area contributed by atoms with Crippen LogP contribution in [0.2, 0.25) is 0 Å². The Morgan fingerprint density at radius 3 is 2.21 bits per heavy atom. The van der Waals surface area contributed by atoms with E-state index in [2.05, 4.69) is 5.32 Å². The molecule has 1 aliphatic rings. The number of carbonyl (C=O) groups is 1. The molecule has 0 radical (unpaired) electrons. The summed E-state index contributed by atoms with van der Waals surface area (Å²) in [6.45, 7) is 6.62. The van der Waals surface area contributed by atoms with Crippen LogP contribution in [0, 0.1) is 11.8 Å². The molecule has 0 bridgehead atoms. The van der Waals surface area contributed by atoms with Crippen molar-refractivity contribution in [2.75, 3.05) is 13.2 Å². The fraction of sp³-hybridized carbons (Fsp3) is 0.933. The Morgan fingerprint density at radius 2 is 1.74 bits per heavy atom. The predicted octanol–water partition coefficient (Wildman–Crippen LogP) is 3.34. The Labute approximate surface area is 117 Å². The summed E-state index contributed by atoms with van der Waals surface area (Å²) in [5, 5.41) is 11.8. The molecule has 114 valence electrons. The van der Waals surface area contributed by atoms with Gasteiger partial charge in [0, 0.05) is 12.1 Å². The molecule has 1 aliphatic carbocycles. The zero-order chi connectivity index (χ0) is 13.6. The Hall–Kier alpha value is -0.770. The van der Waals surface area contributed by atoms with Crippen LogP contribution in [0.15, 0.2) is 0 Å². The monoisotopic (exact) mass is 273 g/mol. The molecule has 0 atom stereocenters. The van der Waals surface area contributed by atoms with E-state index < -0.39 is 0 Å². The van der Waals surface area contributed by atoms with Crippen molar-refractivity contribution in [2.45, 2.75) is 65.8 Å². The molecule has 1 amide bonds. The maximum atomic E-state index is 11.4. The molecule has 1 saturated carbocycles. The Morgan fingerprint density at radius 1 is 1.21 bits per heavy atom. The van der Waals surface area contributed by atoms with Gasteiger partial charge in [-0.2, -0.15) is 0 Å². The van der Waals surface area contributed by atoms with E-state index in [4.69, 9.17) is 9.84 Å². The maximum Gasteiger partial charge on any atom is 0.407 e. The summed E-state index contributed by atoms with van der Waals surface area (Å²) < 4.78 is 5.17. The van der Waals surface area contributed by atoms with Crippen molar-refractivity contribution in [1.29, 1.82) is 0 Å². The van der Waals surface area contributed by atoms with Crippen LogP contribution in [0.1, 0.15) is 60.3 Å². The third kappa shape index (κ3) is 8.09. The highest BCUT2D eigenvalue weighted by Gasteiger charge is 2.21. The molecule has 4 heteroatoms. The summed E-state index contributed by atoms with van der Waals surface area (Å²) in [6.07, 6.45) is 5.12. The minimum absolute atomic E-state index is 0. The third-order valence-electron chi connectivity index (χ3n) is 3.46. The highest BCUT2D eigenvalue weighted by molar-refractivity contribution is 5.67. The lowest BCUT2D eigenvalue weighted by molar-refractivity contribution is 0.118. The number of rotatable bonds is 4. The summed E-state index contributed by atoms with van der Waals surface area (Å²) >= 11 is 0. The van der Waals surface area contributed by atoms with Gasteiger partial charge in [0.05, 0.1) is 6.61 Å². The number of aliphatic hydroxyl groups is 1. The number of alkyl carbamates (subject to hydrolysis) is 1. The van der Waals surface area contributed by atoms with Gasteiger partial charge < -0.3 is 15.2 Å². The van der Waals surface area contributed by atoms with Gasteiger partial charge in [-0.25, -0.2) is 4.79 Å². The normalized spacial score (nSPS) is 23.4. The van der Waals surface area contributed by atoms with Gasteiger partial charge in [-0.3, -0.25) is 0 Å². The quantitative estimate of drug-likeness (QED) is 0.826. The van der Waals surface area contributed by atoms with Gasteiger partial charge in [-0.05, 0) is 64.7 Å². The molecule has 0 aromatic rings. The molecule has 19 heavy (non-hydrogen) atoms. The molecular weight excluding hydrogens is 242 g/mol. The van der Waals surface area contributed by atoms with Crippen molar-refractivity contribution in [3.05, 3.63) is 0 Å². The first-order valence-corrected chi connectivity index (χ1v) is 6.96. The molecule has 0 aliphatic heterocycles. The summed E-state index contributed by atoms with van der Waals surface area (Å²) in [5.41, 5.74) is -0.240. The molecule has 0 heterocycles. The van der Waals surface area contributed by atoms with Crippen LogP contribution < -0.4 is 5.32 Å². The first kappa shape index (κ1) is 18.2. The minimum Gasteiger partial charge on any atom is -0.450 e. The largest absolute Gasteiger partial charge is 0.450 e. The average Bonchev–Trinajstić information content (AvgIpc) is 2.27. The number of hydrogen-bond acceptors (Lipinski definition) is 3. The Balaban J connectivity index is 0.00000324. The van der Waals surface area contributed by atoms with Crippen LogP contribution in [0.5, 0.6) is 0 Å². The molecule has 2 N–H and O–H groups in total. The molecule has 0 aromatic heterocycles. The molecule has 1 fully saturated rings. The molecule has 1 rings (SSSR count). The third-order valence-corrected chi connectivity index (χ3v) is 3.46. The van der Waals surface area contributed by atoms with Crippen molar-refractivity contribution in [2.24, 2.45) is 11.8 Å². The standard InChI is InChI=1S/C14H27NO3.CH4/c1-14(2,3)15-13(17)18-9-8-11-4-6-12(10-16)7-5-11;/h11-12,16H,4-10H2,1-3H3,(H,15,17);1H4. The molecular formula is C15H31NO3. The maximum absolute atomic E-state index is 11.4. The van der Waals surface area contributed by atoms with E-state index in [1.807, 2.05) is 20.8 Å². The number of carbonyl (C=O) groups excluding carboxylic acids is 1. The number of amides is 1. The topological polar surface area (TPSA) is 58.6 Å². The van der Waals surface area contributed by atoms with Crippen LogP contribution in [0.4, 0.5) is 4.79 Å². The van der Waals surface area contributed by atoms with Crippen molar-refractivity contribution in [1.82, 2.24) is 5.32 Å². The highest BCUT2D eigenvalue weighted by Crippen LogP contribution is 2.30. The molecule has 0 unspecified atom stereocenters. The van der Waals surface area contributed by atoms with Gasteiger partial charge in [-0.15, -0.1) is 0 Å². The second-order valence-electron chi connectivity index (χ2n) is 6.37. The van der Waals surface area contributed by atoms with E-state index >= 15 is 0 Å². The number of hydrogen-bond donors (Lipinski definition) is 2. The number of aliphatic hydroxyl groups excluding tert-OH is 1. The van der Waals surface area contributed by atoms with E-state index in [9.17, 15) is 4.79 Å². The predicted molar refractivity (Wildman–Crippen MR) is 78.1 cm³/mol. The lowest BCUT2D eigenvalue weighted by Crippen LogP contribution is -2.41. The summed E-state index contributed by atoms with van der Waals surface area (Å²) in [6, 6.07) is 0. The van der Waals surface area contributed by atoms with Crippen molar-refractivity contribution in [3.63, 3.8) is 0 Å². The summed E-state index contributed by atoms with van der Waals surface area (Å²) in [7, 11) is 0. The Kier molecular flexibility index (Phi) is 8.07. The smallest absolute Gasteiger partial charge is 0.407 e. The zero-order valence-corrected chi connectivity index (χ0v) is 11.9. The molecule has 0 aromatic carbocycles. The molecule has 4 nitrogen and oxygen atoms in total. The second kappa shape index (κ2) is 8.41. The SMILES string of the molecule is C.CC(C)(C)NC(=O)OCCC1CCC(CO)CC1. The van der Waals surface area contributed by atoms with Gasteiger partial charge in [0.2, 0.25) is 0 Å². The van der Waals surface area contributed by atoms with Crippen LogP contribution in [-0.2, 0) is 4.74 Å². The van der Waals surface area contributed by atoms with E-state index in [-0.39, 0.29) is 19.1 Å². The van der Waals surface area contributed by atoms with Gasteiger partial charge in [0.1, 0.15) is 0 Å². The fourth-order valence-corrected chi connectivity index (χ4v) is 2.36. The zero-order valence-electron chi connectivity index (χ0n) is 11.9. The second-order valence-corrected chi connectivity index (χ2v) is 6.37. The number of nitrogens with one attached hydrogen (secondary N) is 1. The molecule has 0 saturated heterocycles. The van der Waals surface area contributed by atoms with Crippen LogP contribution in [0.3, 0.4) is 0 Å². The average molecular weight is 273 g/mol. The summed E-state index contributed by atoms with van der Waals surface area (Å²) in [5.74, 6) is 1.14. The van der Waals surface area contributed by atoms with Gasteiger partial charge in [0.15, 0.2) is 0 Å². The van der Waals surface area contributed by atoms with Crippen LogP contribution in [-0.4, -0.2) is 30.0 Å². The van der Waals surface area contributed by atoms with Crippen LogP contribution >= 0.6 is 0 Å². The van der Waals surface area contributed by atoms with Gasteiger partial charge in [-0.1, -0.05) is 7.43 Å². The minimum atomic E-state index is -0.327. The first-order chi connectivity index (χ1) is 8.40. The summed E-state index contributed by atoms with van der Waals surface area (Å²) in [4.78, 5) is 11.4. The van der Waals surface area contributed by atoms with Crippen molar-refractivity contribution >= 4 is 6.09 Å².